The van der Waals surface area contributed by atoms with Gasteiger partial charge in [0.2, 0.25) is 0 Å². The summed E-state index contributed by atoms with van der Waals surface area (Å²) in [4.78, 5) is 15.1. The molecule has 2 rings (SSSR count). The van der Waals surface area contributed by atoms with Crippen molar-refractivity contribution < 1.29 is 19.3 Å². The van der Waals surface area contributed by atoms with Crippen LogP contribution in [0, 0.1) is 5.82 Å². The smallest absolute Gasteiger partial charge is 0.351 e. The molecule has 1 fully saturated rings. The summed E-state index contributed by atoms with van der Waals surface area (Å²) in [6, 6.07) is 0. The van der Waals surface area contributed by atoms with Crippen LogP contribution in [0.3, 0.4) is 0 Å². The van der Waals surface area contributed by atoms with Crippen molar-refractivity contribution in [3.05, 3.63) is 22.5 Å². The van der Waals surface area contributed by atoms with Gasteiger partial charge in [-0.15, -0.1) is 0 Å². The molecule has 0 amide bonds. The van der Waals surface area contributed by atoms with Gasteiger partial charge in [0.25, 0.3) is 0 Å². The fraction of sp³-hybridized carbons (Fsp3) is 0.636. The maximum atomic E-state index is 13.4. The lowest BCUT2D eigenvalue weighted by Crippen LogP contribution is -2.45. The molecule has 7 nitrogen and oxygen atoms in total. The zero-order chi connectivity index (χ0) is 14.9. The van der Waals surface area contributed by atoms with Crippen LogP contribution in [0.25, 0.3) is 0 Å². The van der Waals surface area contributed by atoms with Gasteiger partial charge in [-0.05, 0) is 6.26 Å². The molecular weight excluding hydrogens is 289 g/mol. The van der Waals surface area contributed by atoms with Crippen LogP contribution in [-0.2, 0) is 4.74 Å². The van der Waals surface area contributed by atoms with Gasteiger partial charge < -0.3 is 20.7 Å². The van der Waals surface area contributed by atoms with Crippen molar-refractivity contribution in [2.24, 2.45) is 0 Å². The Bertz CT molecular complexity index is 555. The zero-order valence-electron chi connectivity index (χ0n) is 10.8. The van der Waals surface area contributed by atoms with Gasteiger partial charge in [-0.25, -0.2) is 9.18 Å². The number of thioether (sulfide) groups is 1. The molecule has 1 aliphatic rings. The number of rotatable bonds is 4. The third-order valence-electron chi connectivity index (χ3n) is 3.30. The van der Waals surface area contributed by atoms with Crippen molar-refractivity contribution in [3.63, 3.8) is 0 Å². The van der Waals surface area contributed by atoms with Crippen LogP contribution < -0.4 is 11.4 Å². The van der Waals surface area contributed by atoms with E-state index in [1.54, 1.807) is 6.26 Å². The minimum absolute atomic E-state index is 0.0616. The molecule has 0 spiro atoms. The SMILES string of the molecule is CSC[C@@]1(CO)O[C@@H](n2cc(F)c(N)nc2=O)C[C@@H]1O. The van der Waals surface area contributed by atoms with Gasteiger partial charge in [-0.3, -0.25) is 4.57 Å². The largest absolute Gasteiger partial charge is 0.393 e. The molecule has 1 aromatic rings. The number of nitrogens with two attached hydrogens (primary N) is 1. The fourth-order valence-corrected chi connectivity index (χ4v) is 3.04. The number of hydrogen-bond acceptors (Lipinski definition) is 7. The summed E-state index contributed by atoms with van der Waals surface area (Å²) in [5.74, 6) is -0.975. The van der Waals surface area contributed by atoms with Gasteiger partial charge in [-0.2, -0.15) is 16.7 Å². The van der Waals surface area contributed by atoms with Crippen LogP contribution in [-0.4, -0.2) is 50.1 Å². The quantitative estimate of drug-likeness (QED) is 0.677. The van der Waals surface area contributed by atoms with E-state index in [0.29, 0.717) is 5.75 Å². The number of ether oxygens (including phenoxy) is 1. The molecule has 2 heterocycles. The highest BCUT2D eigenvalue weighted by molar-refractivity contribution is 7.98. The Morgan fingerprint density at radius 1 is 1.75 bits per heavy atom. The Morgan fingerprint density at radius 3 is 3.05 bits per heavy atom. The highest BCUT2D eigenvalue weighted by Crippen LogP contribution is 2.37. The monoisotopic (exact) mass is 305 g/mol. The number of aliphatic hydroxyl groups is 2. The van der Waals surface area contributed by atoms with E-state index in [4.69, 9.17) is 10.5 Å². The minimum Gasteiger partial charge on any atom is -0.393 e. The van der Waals surface area contributed by atoms with Crippen LogP contribution in [0.5, 0.6) is 0 Å². The van der Waals surface area contributed by atoms with Gasteiger partial charge in [0, 0.05) is 12.2 Å². The number of aromatic nitrogens is 2. The van der Waals surface area contributed by atoms with E-state index in [1.165, 1.54) is 11.8 Å². The number of hydrogen-bond donors (Lipinski definition) is 3. The summed E-state index contributed by atoms with van der Waals surface area (Å²) in [5.41, 5.74) is 3.28. The predicted molar refractivity (Wildman–Crippen MR) is 71.8 cm³/mol. The number of nitrogens with zero attached hydrogens (tertiary/aromatic N) is 2. The second-order valence-electron chi connectivity index (χ2n) is 4.64. The molecule has 0 bridgehead atoms. The van der Waals surface area contributed by atoms with E-state index < -0.39 is 41.9 Å². The van der Waals surface area contributed by atoms with E-state index in [0.717, 1.165) is 10.8 Å². The summed E-state index contributed by atoms with van der Waals surface area (Å²) in [6.45, 7) is -0.398. The van der Waals surface area contributed by atoms with Crippen molar-refractivity contribution in [2.75, 3.05) is 24.3 Å². The number of nitrogen functional groups attached to an aromatic ring is 1. The van der Waals surface area contributed by atoms with E-state index in [9.17, 15) is 19.4 Å². The maximum Gasteiger partial charge on any atom is 0.351 e. The molecule has 1 aliphatic heterocycles. The topological polar surface area (TPSA) is 111 Å². The van der Waals surface area contributed by atoms with Crippen molar-refractivity contribution >= 4 is 17.6 Å². The summed E-state index contributed by atoms with van der Waals surface area (Å²) in [5, 5.41) is 19.5. The highest BCUT2D eigenvalue weighted by Gasteiger charge is 2.48. The number of halogens is 1. The van der Waals surface area contributed by atoms with Gasteiger partial charge in [0.15, 0.2) is 11.6 Å². The second kappa shape index (κ2) is 5.68. The second-order valence-corrected chi connectivity index (χ2v) is 5.51. The van der Waals surface area contributed by atoms with E-state index in [1.807, 2.05) is 0 Å². The average molecular weight is 305 g/mol. The summed E-state index contributed by atoms with van der Waals surface area (Å²) < 4.78 is 20.0. The van der Waals surface area contributed by atoms with E-state index >= 15 is 0 Å². The Balaban J connectivity index is 2.33. The van der Waals surface area contributed by atoms with Gasteiger partial charge in [-0.1, -0.05) is 0 Å². The maximum absolute atomic E-state index is 13.4. The lowest BCUT2D eigenvalue weighted by Gasteiger charge is -2.29. The molecule has 0 aromatic carbocycles. The molecule has 9 heteroatoms. The van der Waals surface area contributed by atoms with Crippen LogP contribution in [0.2, 0.25) is 0 Å². The summed E-state index contributed by atoms with van der Waals surface area (Å²) in [6.07, 6.45) is 0.912. The lowest BCUT2D eigenvalue weighted by molar-refractivity contribution is -0.113. The predicted octanol–water partition coefficient (Wildman–Crippen LogP) is -0.662. The molecule has 1 saturated heterocycles. The number of aliphatic hydroxyl groups excluding tert-OH is 2. The molecule has 4 N–H and O–H groups in total. The van der Waals surface area contributed by atoms with Gasteiger partial charge >= 0.3 is 5.69 Å². The molecule has 0 unspecified atom stereocenters. The zero-order valence-corrected chi connectivity index (χ0v) is 11.6. The first-order valence-electron chi connectivity index (χ1n) is 5.93. The average Bonchev–Trinajstić information content (AvgIpc) is 2.72. The summed E-state index contributed by atoms with van der Waals surface area (Å²) >= 11 is 1.39. The standard InChI is InChI=1S/C11H16FN3O4S/c1-20-5-11(4-16)7(17)2-8(19-11)15-3-6(12)9(13)14-10(15)18/h3,7-8,16-17H,2,4-5H2,1H3,(H2,13,14,18)/t7-,8+,11+/m0/s1. The van der Waals surface area contributed by atoms with Crippen LogP contribution in [0.1, 0.15) is 12.6 Å². The Morgan fingerprint density at radius 2 is 2.45 bits per heavy atom. The first-order valence-corrected chi connectivity index (χ1v) is 7.32. The van der Waals surface area contributed by atoms with Crippen molar-refractivity contribution in [1.82, 2.24) is 9.55 Å². The highest BCUT2D eigenvalue weighted by atomic mass is 32.2. The molecular formula is C11H16FN3O4S. The number of anilines is 1. The van der Waals surface area contributed by atoms with Crippen molar-refractivity contribution in [1.29, 1.82) is 0 Å². The fourth-order valence-electron chi connectivity index (χ4n) is 2.20. The van der Waals surface area contributed by atoms with E-state index in [2.05, 4.69) is 4.98 Å². The van der Waals surface area contributed by atoms with E-state index in [-0.39, 0.29) is 6.42 Å². The molecule has 1 aromatic heterocycles. The first-order chi connectivity index (χ1) is 9.43. The molecule has 112 valence electrons. The Labute approximate surface area is 118 Å². The molecule has 20 heavy (non-hydrogen) atoms. The van der Waals surface area contributed by atoms with Crippen molar-refractivity contribution in [2.45, 2.75) is 24.4 Å². The molecule has 3 atom stereocenters. The first kappa shape index (κ1) is 15.2. The minimum atomic E-state index is -1.17. The third kappa shape index (κ3) is 2.53. The van der Waals surface area contributed by atoms with Gasteiger partial charge in [0.1, 0.15) is 11.8 Å². The summed E-state index contributed by atoms with van der Waals surface area (Å²) in [7, 11) is 0. The van der Waals surface area contributed by atoms with Gasteiger partial charge in [0.05, 0.1) is 18.9 Å². The van der Waals surface area contributed by atoms with Crippen LogP contribution in [0.4, 0.5) is 10.2 Å². The molecule has 0 aliphatic carbocycles. The van der Waals surface area contributed by atoms with Crippen molar-refractivity contribution in [3.8, 4) is 0 Å². The Hall–Kier alpha value is -1.16. The molecule has 0 radical (unpaired) electrons. The van der Waals surface area contributed by atoms with Crippen LogP contribution in [0.15, 0.2) is 11.0 Å². The third-order valence-corrected chi connectivity index (χ3v) is 4.08. The normalized spacial score (nSPS) is 29.8. The van der Waals surface area contributed by atoms with Crippen LogP contribution >= 0.6 is 11.8 Å². The molecule has 0 saturated carbocycles. The Kier molecular flexibility index (Phi) is 4.33. The lowest BCUT2D eigenvalue weighted by atomic mass is 10.0.